The molecule has 0 radical (unpaired) electrons. The number of fused-ring (bicyclic) bond motifs is 1. The van der Waals surface area contributed by atoms with Gasteiger partial charge in [-0.15, -0.1) is 0 Å². The Morgan fingerprint density at radius 2 is 1.96 bits per heavy atom. The van der Waals surface area contributed by atoms with Gasteiger partial charge in [-0.3, -0.25) is 4.68 Å². The van der Waals surface area contributed by atoms with Crippen molar-refractivity contribution < 1.29 is 5.11 Å². The fraction of sp³-hybridized carbons (Fsp3) is 0.619. The molecule has 3 heterocycles. The molecule has 5 nitrogen and oxygen atoms in total. The molecule has 1 aliphatic heterocycles. The van der Waals surface area contributed by atoms with E-state index in [-0.39, 0.29) is 0 Å². The quantitative estimate of drug-likeness (QED) is 0.746. The fourth-order valence-corrected chi connectivity index (χ4v) is 4.63. The van der Waals surface area contributed by atoms with Gasteiger partial charge in [-0.05, 0) is 76.8 Å². The molecule has 0 atom stereocenters. The van der Waals surface area contributed by atoms with Crippen LogP contribution in [-0.2, 0) is 13.0 Å². The van der Waals surface area contributed by atoms with Crippen molar-refractivity contribution in [2.45, 2.75) is 77.0 Å². The second-order valence-corrected chi connectivity index (χ2v) is 8.99. The molecule has 0 amide bonds. The lowest BCUT2D eigenvalue weighted by Crippen LogP contribution is -2.37. The van der Waals surface area contributed by atoms with Crippen molar-refractivity contribution in [3.05, 3.63) is 29.2 Å². The number of hydrogen-bond acceptors (Lipinski definition) is 4. The molecule has 0 aromatic carbocycles. The molecule has 1 aliphatic carbocycles. The minimum atomic E-state index is -0.592. The van der Waals surface area contributed by atoms with Crippen LogP contribution < -0.4 is 5.32 Å². The van der Waals surface area contributed by atoms with E-state index >= 15 is 0 Å². The summed E-state index contributed by atoms with van der Waals surface area (Å²) in [6.45, 7) is 4.85. The third-order valence-electron chi connectivity index (χ3n) is 6.15. The summed E-state index contributed by atoms with van der Waals surface area (Å²) in [5, 5.41) is 19.3. The number of aliphatic hydroxyl groups is 1. The summed E-state index contributed by atoms with van der Waals surface area (Å²) in [7, 11) is 0. The first-order valence-electron chi connectivity index (χ1n) is 10.1. The van der Waals surface area contributed by atoms with E-state index in [1.807, 2.05) is 26.1 Å². The van der Waals surface area contributed by atoms with Crippen LogP contribution in [0.25, 0.3) is 11.3 Å². The highest BCUT2D eigenvalue weighted by Crippen LogP contribution is 2.36. The number of hydrogen-bond donors (Lipinski definition) is 2. The largest absolute Gasteiger partial charge is 0.390 e. The van der Waals surface area contributed by atoms with E-state index in [1.165, 1.54) is 18.5 Å². The van der Waals surface area contributed by atoms with Crippen molar-refractivity contribution in [2.24, 2.45) is 5.92 Å². The standard InChI is InChI=1S/C21H29ClN4O/c1-21(2,27)14-6-8-15(9-7-14)24-18-12-20(22)23-13-17(18)19-11-16-5-3-4-10-26(16)25-19/h11-15,27H,3-10H2,1-2H3,(H,23,24). The summed E-state index contributed by atoms with van der Waals surface area (Å²) in [4.78, 5) is 4.30. The second kappa shape index (κ2) is 7.44. The van der Waals surface area contributed by atoms with Gasteiger partial charge in [-0.1, -0.05) is 11.6 Å². The van der Waals surface area contributed by atoms with Crippen molar-refractivity contribution in [1.29, 1.82) is 0 Å². The van der Waals surface area contributed by atoms with Crippen LogP contribution >= 0.6 is 11.6 Å². The van der Waals surface area contributed by atoms with E-state index in [1.54, 1.807) is 0 Å². The Morgan fingerprint density at radius 1 is 1.19 bits per heavy atom. The van der Waals surface area contributed by atoms with Gasteiger partial charge in [-0.2, -0.15) is 5.10 Å². The summed E-state index contributed by atoms with van der Waals surface area (Å²) in [5.41, 5.74) is 3.72. The number of halogens is 1. The molecule has 2 aliphatic rings. The topological polar surface area (TPSA) is 63.0 Å². The van der Waals surface area contributed by atoms with E-state index < -0.39 is 5.60 Å². The molecule has 2 aromatic rings. The average molecular weight is 389 g/mol. The smallest absolute Gasteiger partial charge is 0.131 e. The normalized spacial score (nSPS) is 23.1. The van der Waals surface area contributed by atoms with Crippen LogP contribution in [0.2, 0.25) is 5.15 Å². The van der Waals surface area contributed by atoms with E-state index in [0.717, 1.165) is 55.6 Å². The Labute approximate surface area is 166 Å². The van der Waals surface area contributed by atoms with Gasteiger partial charge in [0.2, 0.25) is 0 Å². The number of aromatic nitrogens is 3. The van der Waals surface area contributed by atoms with Crippen LogP contribution in [-0.4, -0.2) is 31.5 Å². The van der Waals surface area contributed by atoms with Crippen LogP contribution in [0.15, 0.2) is 18.3 Å². The first-order valence-corrected chi connectivity index (χ1v) is 10.5. The molecule has 1 saturated carbocycles. The summed E-state index contributed by atoms with van der Waals surface area (Å²) in [6.07, 6.45) is 9.53. The second-order valence-electron chi connectivity index (χ2n) is 8.60. The molecule has 0 spiro atoms. The first kappa shape index (κ1) is 18.8. The number of nitrogens with one attached hydrogen (secondary N) is 1. The zero-order valence-electron chi connectivity index (χ0n) is 16.2. The van der Waals surface area contributed by atoms with Crippen molar-refractivity contribution in [3.8, 4) is 11.3 Å². The molecule has 2 aromatic heterocycles. The summed E-state index contributed by atoms with van der Waals surface area (Å²) in [5.74, 6) is 0.371. The van der Waals surface area contributed by atoms with Crippen LogP contribution in [0, 0.1) is 5.92 Å². The average Bonchev–Trinajstić information content (AvgIpc) is 3.05. The van der Waals surface area contributed by atoms with Gasteiger partial charge in [0.05, 0.1) is 11.3 Å². The zero-order valence-corrected chi connectivity index (χ0v) is 17.0. The minimum Gasteiger partial charge on any atom is -0.390 e. The third-order valence-corrected chi connectivity index (χ3v) is 6.36. The zero-order chi connectivity index (χ0) is 19.0. The summed E-state index contributed by atoms with van der Waals surface area (Å²) in [6, 6.07) is 4.50. The molecule has 6 heteroatoms. The van der Waals surface area contributed by atoms with Crippen LogP contribution in [0.1, 0.15) is 58.1 Å². The molecular formula is C21H29ClN4O. The van der Waals surface area contributed by atoms with E-state index in [4.69, 9.17) is 16.7 Å². The highest BCUT2D eigenvalue weighted by molar-refractivity contribution is 6.29. The molecule has 0 bridgehead atoms. The van der Waals surface area contributed by atoms with Gasteiger partial charge in [0.25, 0.3) is 0 Å². The van der Waals surface area contributed by atoms with Crippen LogP contribution in [0.5, 0.6) is 0 Å². The lowest BCUT2D eigenvalue weighted by atomic mass is 9.77. The van der Waals surface area contributed by atoms with E-state index in [2.05, 4.69) is 21.0 Å². The molecule has 2 N–H and O–H groups in total. The van der Waals surface area contributed by atoms with E-state index in [9.17, 15) is 5.11 Å². The van der Waals surface area contributed by atoms with Gasteiger partial charge >= 0.3 is 0 Å². The van der Waals surface area contributed by atoms with Gasteiger partial charge in [-0.25, -0.2) is 4.98 Å². The molecule has 146 valence electrons. The van der Waals surface area contributed by atoms with Crippen molar-refractivity contribution in [3.63, 3.8) is 0 Å². The minimum absolute atomic E-state index is 0.371. The number of nitrogens with zero attached hydrogens (tertiary/aromatic N) is 3. The summed E-state index contributed by atoms with van der Waals surface area (Å²) >= 11 is 6.20. The molecule has 27 heavy (non-hydrogen) atoms. The predicted molar refractivity (Wildman–Crippen MR) is 109 cm³/mol. The Bertz CT molecular complexity index is 779. The van der Waals surface area contributed by atoms with Crippen molar-refractivity contribution >= 4 is 17.3 Å². The maximum absolute atomic E-state index is 10.3. The number of rotatable bonds is 4. The highest BCUT2D eigenvalue weighted by Gasteiger charge is 2.31. The Morgan fingerprint density at radius 3 is 2.67 bits per heavy atom. The number of pyridine rings is 1. The monoisotopic (exact) mass is 388 g/mol. The van der Waals surface area contributed by atoms with E-state index in [0.29, 0.717) is 17.1 Å². The third kappa shape index (κ3) is 4.14. The van der Waals surface area contributed by atoms with Gasteiger partial charge in [0, 0.05) is 35.7 Å². The SMILES string of the molecule is CC(C)(O)C1CCC(Nc2cc(Cl)ncc2-c2cc3n(n2)CCCC3)CC1. The molecule has 4 rings (SSSR count). The highest BCUT2D eigenvalue weighted by atomic mass is 35.5. The predicted octanol–water partition coefficient (Wildman–Crippen LogP) is 4.68. The lowest BCUT2D eigenvalue weighted by molar-refractivity contribution is -0.000389. The summed E-state index contributed by atoms with van der Waals surface area (Å²) < 4.78 is 2.13. The molecule has 1 fully saturated rings. The molecular weight excluding hydrogens is 360 g/mol. The maximum Gasteiger partial charge on any atom is 0.131 e. The van der Waals surface area contributed by atoms with Crippen LogP contribution in [0.3, 0.4) is 0 Å². The molecule has 0 saturated heterocycles. The van der Waals surface area contributed by atoms with Crippen molar-refractivity contribution in [1.82, 2.24) is 14.8 Å². The number of aryl methyl sites for hydroxylation is 2. The van der Waals surface area contributed by atoms with Gasteiger partial charge in [0.1, 0.15) is 5.15 Å². The van der Waals surface area contributed by atoms with Gasteiger partial charge < -0.3 is 10.4 Å². The molecule has 0 unspecified atom stereocenters. The Hall–Kier alpha value is -1.59. The maximum atomic E-state index is 10.3. The lowest BCUT2D eigenvalue weighted by Gasteiger charge is -2.36. The Balaban J connectivity index is 1.53. The van der Waals surface area contributed by atoms with Crippen LogP contribution in [0.4, 0.5) is 5.69 Å². The number of anilines is 1. The van der Waals surface area contributed by atoms with Crippen molar-refractivity contribution in [2.75, 3.05) is 5.32 Å². The first-order chi connectivity index (χ1) is 12.9. The fourth-order valence-electron chi connectivity index (χ4n) is 4.47. The Kier molecular flexibility index (Phi) is 5.17. The van der Waals surface area contributed by atoms with Gasteiger partial charge in [0.15, 0.2) is 0 Å².